The van der Waals surface area contributed by atoms with Gasteiger partial charge in [-0.25, -0.2) is 8.78 Å². The van der Waals surface area contributed by atoms with Crippen LogP contribution in [0.3, 0.4) is 0 Å². The minimum atomic E-state index is -0.836. The van der Waals surface area contributed by atoms with Gasteiger partial charge in [0.05, 0.1) is 6.04 Å². The topological polar surface area (TPSA) is 12.0 Å². The Kier molecular flexibility index (Phi) is 4.73. The first-order valence-electron chi connectivity index (χ1n) is 6.48. The Balaban J connectivity index is 2.53. The van der Waals surface area contributed by atoms with Crippen molar-refractivity contribution < 1.29 is 8.78 Å². The molecule has 1 unspecified atom stereocenters. The second-order valence-corrected chi connectivity index (χ2v) is 5.07. The lowest BCUT2D eigenvalue weighted by Gasteiger charge is -2.21. The van der Waals surface area contributed by atoms with Crippen LogP contribution in [0.15, 0.2) is 36.4 Å². The molecule has 0 aromatic heterocycles. The largest absolute Gasteiger partial charge is 0.306 e. The molecule has 1 nitrogen and oxygen atoms in total. The van der Waals surface area contributed by atoms with E-state index >= 15 is 0 Å². The third-order valence-corrected chi connectivity index (χ3v) is 3.48. The lowest BCUT2D eigenvalue weighted by molar-refractivity contribution is 0.482. The van der Waals surface area contributed by atoms with Crippen LogP contribution in [0, 0.1) is 18.6 Å². The number of halogens is 3. The number of hydrogen-bond donors (Lipinski definition) is 1. The van der Waals surface area contributed by atoms with Crippen molar-refractivity contribution in [1.82, 2.24) is 5.32 Å². The van der Waals surface area contributed by atoms with E-state index in [4.69, 9.17) is 11.6 Å². The fourth-order valence-corrected chi connectivity index (χ4v) is 2.52. The summed E-state index contributed by atoms with van der Waals surface area (Å²) in [6.07, 6.45) is 0. The molecule has 2 aromatic carbocycles. The number of aryl methyl sites for hydroxylation is 1. The molecule has 0 fully saturated rings. The summed E-state index contributed by atoms with van der Waals surface area (Å²) in [5.41, 5.74) is 2.13. The van der Waals surface area contributed by atoms with Crippen molar-refractivity contribution in [3.8, 4) is 0 Å². The highest BCUT2D eigenvalue weighted by Crippen LogP contribution is 2.29. The van der Waals surface area contributed by atoms with E-state index in [1.165, 1.54) is 6.07 Å². The van der Waals surface area contributed by atoms with Gasteiger partial charge in [0.1, 0.15) is 0 Å². The summed E-state index contributed by atoms with van der Waals surface area (Å²) in [4.78, 5) is 0. The van der Waals surface area contributed by atoms with Gasteiger partial charge in [-0.2, -0.15) is 0 Å². The van der Waals surface area contributed by atoms with Gasteiger partial charge in [0.2, 0.25) is 0 Å². The number of rotatable bonds is 4. The Morgan fingerprint density at radius 3 is 2.55 bits per heavy atom. The van der Waals surface area contributed by atoms with Crippen molar-refractivity contribution in [2.24, 2.45) is 0 Å². The molecule has 0 aliphatic carbocycles. The fraction of sp³-hybridized carbons (Fsp3) is 0.250. The van der Waals surface area contributed by atoms with Gasteiger partial charge in [0.15, 0.2) is 11.6 Å². The van der Waals surface area contributed by atoms with E-state index in [1.807, 2.05) is 26.0 Å². The summed E-state index contributed by atoms with van der Waals surface area (Å²) in [5.74, 6) is -1.65. The zero-order valence-corrected chi connectivity index (χ0v) is 12.1. The Morgan fingerprint density at radius 1 is 1.15 bits per heavy atom. The van der Waals surface area contributed by atoms with E-state index in [-0.39, 0.29) is 0 Å². The Bertz CT molecular complexity index is 613. The summed E-state index contributed by atoms with van der Waals surface area (Å²) in [6.45, 7) is 4.47. The molecule has 2 rings (SSSR count). The van der Waals surface area contributed by atoms with E-state index in [2.05, 4.69) is 5.32 Å². The third-order valence-electron chi connectivity index (χ3n) is 3.24. The second kappa shape index (κ2) is 6.33. The molecule has 1 atom stereocenters. The molecule has 4 heteroatoms. The lowest BCUT2D eigenvalue weighted by Crippen LogP contribution is -2.24. The predicted molar refractivity (Wildman–Crippen MR) is 78.1 cm³/mol. The molecule has 0 aliphatic heterocycles. The summed E-state index contributed by atoms with van der Waals surface area (Å²) < 4.78 is 27.5. The quantitative estimate of drug-likeness (QED) is 0.867. The van der Waals surface area contributed by atoms with Gasteiger partial charge in [-0.15, -0.1) is 0 Å². The van der Waals surface area contributed by atoms with Gasteiger partial charge in [-0.3, -0.25) is 0 Å². The molecule has 106 valence electrons. The maximum atomic E-state index is 14.0. The zero-order valence-electron chi connectivity index (χ0n) is 11.4. The molecule has 0 spiro atoms. The SMILES string of the molecule is CCNC(c1ccc(Cl)cc1C)c1cccc(F)c1F. The molecule has 1 N–H and O–H groups in total. The molecule has 0 aliphatic rings. The van der Waals surface area contributed by atoms with Gasteiger partial charge in [0.25, 0.3) is 0 Å². The van der Waals surface area contributed by atoms with Crippen LogP contribution in [0.4, 0.5) is 8.78 Å². The molecular formula is C16H16ClF2N. The van der Waals surface area contributed by atoms with Gasteiger partial charge in [-0.05, 0) is 42.8 Å². The molecule has 0 bridgehead atoms. The van der Waals surface area contributed by atoms with E-state index < -0.39 is 17.7 Å². The first kappa shape index (κ1) is 14.9. The van der Waals surface area contributed by atoms with Crippen LogP contribution in [0.2, 0.25) is 5.02 Å². The van der Waals surface area contributed by atoms with Crippen molar-refractivity contribution in [1.29, 1.82) is 0 Å². The fourth-order valence-electron chi connectivity index (χ4n) is 2.30. The van der Waals surface area contributed by atoms with Crippen LogP contribution < -0.4 is 5.32 Å². The maximum Gasteiger partial charge on any atom is 0.163 e. The number of hydrogen-bond acceptors (Lipinski definition) is 1. The van der Waals surface area contributed by atoms with E-state index in [0.29, 0.717) is 17.1 Å². The third kappa shape index (κ3) is 3.00. The minimum Gasteiger partial charge on any atom is -0.306 e. The summed E-state index contributed by atoms with van der Waals surface area (Å²) in [5, 5.41) is 3.82. The van der Waals surface area contributed by atoms with Crippen LogP contribution >= 0.6 is 11.6 Å². The Morgan fingerprint density at radius 2 is 1.90 bits per heavy atom. The standard InChI is InChI=1S/C16H16ClF2N/c1-3-20-16(12-8-7-11(17)9-10(12)2)13-5-4-6-14(18)15(13)19/h4-9,16,20H,3H2,1-2H3. The first-order chi connectivity index (χ1) is 9.54. The highest BCUT2D eigenvalue weighted by molar-refractivity contribution is 6.30. The molecule has 0 amide bonds. The van der Waals surface area contributed by atoms with Crippen LogP contribution in [-0.2, 0) is 0 Å². The number of benzene rings is 2. The minimum absolute atomic E-state index is 0.303. The highest BCUT2D eigenvalue weighted by atomic mass is 35.5. The van der Waals surface area contributed by atoms with Gasteiger partial charge < -0.3 is 5.32 Å². The maximum absolute atomic E-state index is 14.0. The normalized spacial score (nSPS) is 12.4. The zero-order chi connectivity index (χ0) is 14.7. The van der Waals surface area contributed by atoms with Crippen molar-refractivity contribution >= 4 is 11.6 Å². The Hall–Kier alpha value is -1.45. The van der Waals surface area contributed by atoms with Crippen LogP contribution in [0.25, 0.3) is 0 Å². The molecule has 0 saturated heterocycles. The molecule has 0 saturated carbocycles. The van der Waals surface area contributed by atoms with Gasteiger partial charge in [0, 0.05) is 10.6 Å². The van der Waals surface area contributed by atoms with Crippen LogP contribution in [0.5, 0.6) is 0 Å². The van der Waals surface area contributed by atoms with Gasteiger partial charge in [-0.1, -0.05) is 36.7 Å². The predicted octanol–water partition coefficient (Wildman–Crippen LogP) is 4.63. The van der Waals surface area contributed by atoms with E-state index in [0.717, 1.165) is 17.2 Å². The van der Waals surface area contributed by atoms with Crippen LogP contribution in [0.1, 0.15) is 29.7 Å². The smallest absolute Gasteiger partial charge is 0.163 e. The lowest BCUT2D eigenvalue weighted by atomic mass is 9.94. The highest BCUT2D eigenvalue weighted by Gasteiger charge is 2.20. The van der Waals surface area contributed by atoms with E-state index in [1.54, 1.807) is 12.1 Å². The molecule has 2 aromatic rings. The van der Waals surface area contributed by atoms with Crippen molar-refractivity contribution in [2.75, 3.05) is 6.54 Å². The van der Waals surface area contributed by atoms with Crippen molar-refractivity contribution in [3.05, 3.63) is 69.7 Å². The van der Waals surface area contributed by atoms with Crippen molar-refractivity contribution in [2.45, 2.75) is 19.9 Å². The van der Waals surface area contributed by atoms with Crippen LogP contribution in [-0.4, -0.2) is 6.54 Å². The monoisotopic (exact) mass is 295 g/mol. The first-order valence-corrected chi connectivity index (χ1v) is 6.85. The molecular weight excluding hydrogens is 280 g/mol. The van der Waals surface area contributed by atoms with Gasteiger partial charge >= 0.3 is 0 Å². The average molecular weight is 296 g/mol. The second-order valence-electron chi connectivity index (χ2n) is 4.63. The summed E-state index contributed by atoms with van der Waals surface area (Å²) in [7, 11) is 0. The number of nitrogens with one attached hydrogen (secondary N) is 1. The summed E-state index contributed by atoms with van der Waals surface area (Å²) >= 11 is 5.95. The molecule has 0 heterocycles. The Labute approximate surface area is 122 Å². The molecule has 20 heavy (non-hydrogen) atoms. The van der Waals surface area contributed by atoms with E-state index in [9.17, 15) is 8.78 Å². The van der Waals surface area contributed by atoms with Crippen molar-refractivity contribution in [3.63, 3.8) is 0 Å². The molecule has 0 radical (unpaired) electrons. The summed E-state index contributed by atoms with van der Waals surface area (Å²) in [6, 6.07) is 9.26. The average Bonchev–Trinajstić information content (AvgIpc) is 2.40.